The highest BCUT2D eigenvalue weighted by molar-refractivity contribution is 5.40. The number of ether oxygens (including phenoxy) is 2. The highest BCUT2D eigenvalue weighted by atomic mass is 16.5. The molecule has 0 saturated carbocycles. The van der Waals surface area contributed by atoms with Crippen LogP contribution in [0.5, 0.6) is 11.5 Å². The van der Waals surface area contributed by atoms with Gasteiger partial charge in [0, 0.05) is 24.6 Å². The molecule has 0 amide bonds. The molecule has 0 aliphatic rings. The highest BCUT2D eigenvalue weighted by Gasteiger charge is 2.13. The summed E-state index contributed by atoms with van der Waals surface area (Å²) in [6, 6.07) is 5.95. The summed E-state index contributed by atoms with van der Waals surface area (Å²) in [6.45, 7) is 10.6. The Labute approximate surface area is 128 Å². The van der Waals surface area contributed by atoms with Crippen molar-refractivity contribution in [3.05, 3.63) is 23.8 Å². The maximum Gasteiger partial charge on any atom is 0.127 e. The molecule has 0 aliphatic heterocycles. The van der Waals surface area contributed by atoms with Crippen LogP contribution in [0.1, 0.15) is 46.1 Å². The van der Waals surface area contributed by atoms with Gasteiger partial charge in [-0.25, -0.2) is 0 Å². The Morgan fingerprint density at radius 2 is 1.90 bits per heavy atom. The lowest BCUT2D eigenvalue weighted by Gasteiger charge is -2.19. The fraction of sp³-hybridized carbons (Fsp3) is 0.647. The SMILES string of the molecule is CCCOc1ccc(CNCC)c(OCCC(C)(C)O)c1. The first-order chi connectivity index (χ1) is 9.96. The van der Waals surface area contributed by atoms with Gasteiger partial charge in [0.2, 0.25) is 0 Å². The van der Waals surface area contributed by atoms with Crippen molar-refractivity contribution in [2.24, 2.45) is 0 Å². The summed E-state index contributed by atoms with van der Waals surface area (Å²) in [5.41, 5.74) is 0.398. The van der Waals surface area contributed by atoms with Gasteiger partial charge < -0.3 is 19.9 Å². The maximum atomic E-state index is 9.76. The van der Waals surface area contributed by atoms with E-state index >= 15 is 0 Å². The Balaban J connectivity index is 2.73. The fourth-order valence-electron chi connectivity index (χ4n) is 1.80. The monoisotopic (exact) mass is 295 g/mol. The molecule has 0 atom stereocenters. The van der Waals surface area contributed by atoms with Gasteiger partial charge in [0.15, 0.2) is 0 Å². The van der Waals surface area contributed by atoms with Gasteiger partial charge >= 0.3 is 0 Å². The second-order valence-electron chi connectivity index (χ2n) is 5.81. The van der Waals surface area contributed by atoms with E-state index in [4.69, 9.17) is 9.47 Å². The Morgan fingerprint density at radius 3 is 2.52 bits per heavy atom. The lowest BCUT2D eigenvalue weighted by Crippen LogP contribution is -2.22. The highest BCUT2D eigenvalue weighted by Crippen LogP contribution is 2.26. The van der Waals surface area contributed by atoms with Crippen molar-refractivity contribution in [2.45, 2.75) is 52.7 Å². The predicted molar refractivity (Wildman–Crippen MR) is 86.0 cm³/mol. The Kier molecular flexibility index (Phi) is 7.54. The van der Waals surface area contributed by atoms with Crippen LogP contribution in [-0.4, -0.2) is 30.5 Å². The molecule has 21 heavy (non-hydrogen) atoms. The molecule has 0 spiro atoms. The molecular weight excluding hydrogens is 266 g/mol. The molecule has 1 aromatic carbocycles. The van der Waals surface area contributed by atoms with E-state index in [-0.39, 0.29) is 0 Å². The predicted octanol–water partition coefficient (Wildman–Crippen LogP) is 3.12. The Morgan fingerprint density at radius 1 is 1.14 bits per heavy atom. The van der Waals surface area contributed by atoms with Crippen LogP contribution in [0.25, 0.3) is 0 Å². The zero-order valence-corrected chi connectivity index (χ0v) is 13.7. The summed E-state index contributed by atoms with van der Waals surface area (Å²) >= 11 is 0. The third-order valence-electron chi connectivity index (χ3n) is 3.05. The second kappa shape index (κ2) is 8.90. The molecule has 1 aromatic rings. The number of nitrogens with one attached hydrogen (secondary N) is 1. The average molecular weight is 295 g/mol. The first kappa shape index (κ1) is 17.8. The van der Waals surface area contributed by atoms with Crippen molar-refractivity contribution in [3.8, 4) is 11.5 Å². The van der Waals surface area contributed by atoms with Crippen molar-refractivity contribution < 1.29 is 14.6 Å². The smallest absolute Gasteiger partial charge is 0.127 e. The van der Waals surface area contributed by atoms with Gasteiger partial charge in [0.25, 0.3) is 0 Å². The van der Waals surface area contributed by atoms with Gasteiger partial charge in [0.1, 0.15) is 11.5 Å². The molecule has 1 rings (SSSR count). The molecule has 0 fully saturated rings. The summed E-state index contributed by atoms with van der Waals surface area (Å²) in [6.07, 6.45) is 1.57. The Hall–Kier alpha value is -1.26. The average Bonchev–Trinajstić information content (AvgIpc) is 2.42. The standard InChI is InChI=1S/C17H29NO3/c1-5-10-20-15-8-7-14(13-18-6-2)16(12-15)21-11-9-17(3,4)19/h7-8,12,18-19H,5-6,9-11,13H2,1-4H3. The van der Waals surface area contributed by atoms with Gasteiger partial charge in [0.05, 0.1) is 18.8 Å². The Bertz CT molecular complexity index is 413. The van der Waals surface area contributed by atoms with Crippen LogP contribution in [0.4, 0.5) is 0 Å². The summed E-state index contributed by atoms with van der Waals surface area (Å²) < 4.78 is 11.5. The first-order valence-electron chi connectivity index (χ1n) is 7.78. The molecule has 0 unspecified atom stereocenters. The van der Waals surface area contributed by atoms with Crippen LogP contribution in [-0.2, 0) is 6.54 Å². The maximum absolute atomic E-state index is 9.76. The normalized spacial score (nSPS) is 11.5. The van der Waals surface area contributed by atoms with E-state index < -0.39 is 5.60 Å². The number of aliphatic hydroxyl groups is 1. The molecule has 0 aromatic heterocycles. The quantitative estimate of drug-likeness (QED) is 0.696. The van der Waals surface area contributed by atoms with E-state index in [0.717, 1.165) is 36.6 Å². The molecule has 0 heterocycles. The van der Waals surface area contributed by atoms with Crippen molar-refractivity contribution >= 4 is 0 Å². The second-order valence-corrected chi connectivity index (χ2v) is 5.81. The summed E-state index contributed by atoms with van der Waals surface area (Å²) in [5.74, 6) is 1.66. The van der Waals surface area contributed by atoms with E-state index in [1.54, 1.807) is 13.8 Å². The number of hydrogen-bond donors (Lipinski definition) is 2. The van der Waals surface area contributed by atoms with E-state index in [0.29, 0.717) is 19.6 Å². The number of benzene rings is 1. The molecule has 4 heteroatoms. The summed E-state index contributed by atoms with van der Waals surface area (Å²) in [7, 11) is 0. The molecular formula is C17H29NO3. The van der Waals surface area contributed by atoms with Gasteiger partial charge in [-0.1, -0.05) is 19.9 Å². The number of rotatable bonds is 10. The van der Waals surface area contributed by atoms with Crippen molar-refractivity contribution in [1.29, 1.82) is 0 Å². The number of hydrogen-bond acceptors (Lipinski definition) is 4. The van der Waals surface area contributed by atoms with Crippen molar-refractivity contribution in [3.63, 3.8) is 0 Å². The molecule has 0 aliphatic carbocycles. The van der Waals surface area contributed by atoms with Gasteiger partial charge in [-0.05, 0) is 32.9 Å². The first-order valence-corrected chi connectivity index (χ1v) is 7.78. The minimum absolute atomic E-state index is 0.486. The van der Waals surface area contributed by atoms with Crippen LogP contribution in [0, 0.1) is 0 Å². The van der Waals surface area contributed by atoms with Crippen LogP contribution >= 0.6 is 0 Å². The van der Waals surface area contributed by atoms with E-state index in [1.807, 2.05) is 18.2 Å². The van der Waals surface area contributed by atoms with Crippen LogP contribution in [0.15, 0.2) is 18.2 Å². The van der Waals surface area contributed by atoms with Gasteiger partial charge in [-0.15, -0.1) is 0 Å². The molecule has 120 valence electrons. The van der Waals surface area contributed by atoms with E-state index in [2.05, 4.69) is 19.2 Å². The zero-order chi connectivity index (χ0) is 15.7. The summed E-state index contributed by atoms with van der Waals surface area (Å²) in [4.78, 5) is 0. The lowest BCUT2D eigenvalue weighted by atomic mass is 10.1. The lowest BCUT2D eigenvalue weighted by molar-refractivity contribution is 0.0551. The third-order valence-corrected chi connectivity index (χ3v) is 3.05. The van der Waals surface area contributed by atoms with Crippen molar-refractivity contribution in [2.75, 3.05) is 19.8 Å². The molecule has 4 nitrogen and oxygen atoms in total. The van der Waals surface area contributed by atoms with Crippen LogP contribution < -0.4 is 14.8 Å². The van der Waals surface area contributed by atoms with Crippen molar-refractivity contribution in [1.82, 2.24) is 5.32 Å². The topological polar surface area (TPSA) is 50.7 Å². The molecule has 2 N–H and O–H groups in total. The van der Waals surface area contributed by atoms with Crippen LogP contribution in [0.2, 0.25) is 0 Å². The van der Waals surface area contributed by atoms with Gasteiger partial charge in [-0.2, -0.15) is 0 Å². The largest absolute Gasteiger partial charge is 0.493 e. The summed E-state index contributed by atoms with van der Waals surface area (Å²) in [5, 5.41) is 13.1. The zero-order valence-electron chi connectivity index (χ0n) is 13.7. The molecule has 0 radical (unpaired) electrons. The minimum atomic E-state index is -0.710. The van der Waals surface area contributed by atoms with E-state index in [1.165, 1.54) is 0 Å². The van der Waals surface area contributed by atoms with Gasteiger partial charge in [-0.3, -0.25) is 0 Å². The third kappa shape index (κ3) is 7.34. The molecule has 0 bridgehead atoms. The van der Waals surface area contributed by atoms with Crippen LogP contribution in [0.3, 0.4) is 0 Å². The minimum Gasteiger partial charge on any atom is -0.493 e. The fourth-order valence-corrected chi connectivity index (χ4v) is 1.80. The van der Waals surface area contributed by atoms with E-state index in [9.17, 15) is 5.11 Å². The molecule has 0 saturated heterocycles.